The first-order valence-corrected chi connectivity index (χ1v) is 10.0. The van der Waals surface area contributed by atoms with Gasteiger partial charge in [0.05, 0.1) is 24.0 Å². The van der Waals surface area contributed by atoms with Crippen LogP contribution in [0.15, 0.2) is 42.7 Å². The Balaban J connectivity index is 1.28. The third-order valence-corrected chi connectivity index (χ3v) is 6.40. The van der Waals surface area contributed by atoms with Gasteiger partial charge in [-0.05, 0) is 48.1 Å². The van der Waals surface area contributed by atoms with Gasteiger partial charge in [-0.3, -0.25) is 4.90 Å². The van der Waals surface area contributed by atoms with E-state index in [2.05, 4.69) is 35.0 Å². The molecule has 0 N–H and O–H groups in total. The van der Waals surface area contributed by atoms with E-state index in [1.807, 2.05) is 17.9 Å². The summed E-state index contributed by atoms with van der Waals surface area (Å²) in [6.45, 7) is 5.77. The van der Waals surface area contributed by atoms with E-state index < -0.39 is 11.6 Å². The quantitative estimate of drug-likeness (QED) is 0.634. The minimum atomic E-state index is -0.867. The molecule has 0 radical (unpaired) electrons. The van der Waals surface area contributed by atoms with Crippen molar-refractivity contribution in [3.05, 3.63) is 59.9 Å². The number of aromatic nitrogens is 2. The van der Waals surface area contributed by atoms with Gasteiger partial charge in [0.15, 0.2) is 11.6 Å². The van der Waals surface area contributed by atoms with Crippen molar-refractivity contribution in [3.8, 4) is 5.75 Å². The highest BCUT2D eigenvalue weighted by molar-refractivity contribution is 5.75. The van der Waals surface area contributed by atoms with Crippen LogP contribution in [-0.4, -0.2) is 34.1 Å². The summed E-state index contributed by atoms with van der Waals surface area (Å²) in [5.74, 6) is -1.32. The molecule has 2 aromatic carbocycles. The Morgan fingerprint density at radius 1 is 1.07 bits per heavy atom. The predicted octanol–water partition coefficient (Wildman–Crippen LogP) is 4.53. The summed E-state index contributed by atoms with van der Waals surface area (Å²) < 4.78 is 34.5. The molecule has 3 fully saturated rings. The van der Waals surface area contributed by atoms with E-state index in [9.17, 15) is 8.78 Å². The number of aryl methyl sites for hydroxylation is 1. The average Bonchev–Trinajstić information content (AvgIpc) is 3.02. The topological polar surface area (TPSA) is 30.3 Å². The standard InChI is InChI=1S/C23H25F2N3O/c1-22-10-23(11-22,14-29-17-4-5-18(24)19(25)8-17)13-28(12-22)9-16-3-6-21-20(7-16)26-15-27(21)2/h3-8,15H,9-14H2,1-2H3. The van der Waals surface area contributed by atoms with Crippen molar-refractivity contribution >= 4 is 11.0 Å². The maximum atomic E-state index is 13.5. The monoisotopic (exact) mass is 397 g/mol. The molecule has 0 spiro atoms. The number of rotatable bonds is 5. The van der Waals surface area contributed by atoms with Crippen LogP contribution < -0.4 is 4.74 Å². The minimum Gasteiger partial charge on any atom is -0.493 e. The zero-order chi connectivity index (χ0) is 20.2. The molecule has 2 saturated heterocycles. The molecule has 3 aliphatic rings. The molecule has 2 bridgehead atoms. The molecule has 1 aliphatic carbocycles. The van der Waals surface area contributed by atoms with Crippen molar-refractivity contribution < 1.29 is 13.5 Å². The number of imidazole rings is 1. The normalized spacial score (nSPS) is 26.5. The van der Waals surface area contributed by atoms with Crippen LogP contribution in [0.25, 0.3) is 11.0 Å². The van der Waals surface area contributed by atoms with Crippen molar-refractivity contribution in [3.63, 3.8) is 0 Å². The fraction of sp³-hybridized carbons (Fsp3) is 0.435. The van der Waals surface area contributed by atoms with Crippen LogP contribution in [0.3, 0.4) is 0 Å². The van der Waals surface area contributed by atoms with Crippen molar-refractivity contribution in [1.82, 2.24) is 14.5 Å². The van der Waals surface area contributed by atoms with Gasteiger partial charge in [0.25, 0.3) is 0 Å². The fourth-order valence-electron chi connectivity index (χ4n) is 5.65. The molecular weight excluding hydrogens is 372 g/mol. The third-order valence-electron chi connectivity index (χ3n) is 6.40. The zero-order valence-electron chi connectivity index (χ0n) is 16.8. The number of halogens is 2. The number of nitrogens with zero attached hydrogens (tertiary/aromatic N) is 3. The highest BCUT2D eigenvalue weighted by atomic mass is 19.2. The number of ether oxygens (including phenoxy) is 1. The first-order chi connectivity index (χ1) is 13.8. The van der Waals surface area contributed by atoms with Crippen molar-refractivity contribution in [2.75, 3.05) is 19.7 Å². The molecule has 1 saturated carbocycles. The first kappa shape index (κ1) is 18.6. The maximum Gasteiger partial charge on any atom is 0.162 e. The molecule has 0 atom stereocenters. The first-order valence-electron chi connectivity index (χ1n) is 10.0. The van der Waals surface area contributed by atoms with Crippen LogP contribution in [0.2, 0.25) is 0 Å². The molecule has 3 heterocycles. The Morgan fingerprint density at radius 2 is 1.90 bits per heavy atom. The Hall–Kier alpha value is -2.47. The van der Waals surface area contributed by atoms with Gasteiger partial charge in [-0.2, -0.15) is 0 Å². The summed E-state index contributed by atoms with van der Waals surface area (Å²) in [4.78, 5) is 6.96. The summed E-state index contributed by atoms with van der Waals surface area (Å²) in [5, 5.41) is 0. The summed E-state index contributed by atoms with van der Waals surface area (Å²) in [6.07, 6.45) is 4.06. The smallest absolute Gasteiger partial charge is 0.162 e. The predicted molar refractivity (Wildman–Crippen MR) is 108 cm³/mol. The molecule has 6 rings (SSSR count). The van der Waals surface area contributed by atoms with E-state index in [4.69, 9.17) is 4.74 Å². The number of hydrogen-bond donors (Lipinski definition) is 0. The summed E-state index contributed by atoms with van der Waals surface area (Å²) in [7, 11) is 2.00. The molecule has 6 heteroatoms. The van der Waals surface area contributed by atoms with Gasteiger partial charge < -0.3 is 9.30 Å². The Morgan fingerprint density at radius 3 is 2.69 bits per heavy atom. The lowest BCUT2D eigenvalue weighted by Crippen LogP contribution is -2.63. The molecule has 1 aromatic heterocycles. The van der Waals surface area contributed by atoms with Crippen LogP contribution in [-0.2, 0) is 13.6 Å². The summed E-state index contributed by atoms with van der Waals surface area (Å²) >= 11 is 0. The fourth-order valence-corrected chi connectivity index (χ4v) is 5.65. The largest absolute Gasteiger partial charge is 0.493 e. The van der Waals surface area contributed by atoms with Crippen LogP contribution >= 0.6 is 0 Å². The van der Waals surface area contributed by atoms with Crippen molar-refractivity contribution in [1.29, 1.82) is 0 Å². The second-order valence-corrected chi connectivity index (χ2v) is 9.35. The number of piperidine rings is 2. The number of hydrogen-bond acceptors (Lipinski definition) is 3. The highest BCUT2D eigenvalue weighted by Gasteiger charge is 2.57. The lowest BCUT2D eigenvalue weighted by atomic mass is 9.51. The van der Waals surface area contributed by atoms with Gasteiger partial charge >= 0.3 is 0 Å². The van der Waals surface area contributed by atoms with Crippen LogP contribution in [0.5, 0.6) is 5.75 Å². The van der Waals surface area contributed by atoms with Gasteiger partial charge in [0.1, 0.15) is 5.75 Å². The Bertz CT molecular complexity index is 1070. The van der Waals surface area contributed by atoms with Gasteiger partial charge in [-0.25, -0.2) is 13.8 Å². The van der Waals surface area contributed by atoms with E-state index >= 15 is 0 Å². The number of fused-ring (bicyclic) bond motifs is 3. The maximum absolute atomic E-state index is 13.5. The molecule has 152 valence electrons. The summed E-state index contributed by atoms with van der Waals surface area (Å²) in [5.41, 5.74) is 3.80. The average molecular weight is 397 g/mol. The lowest BCUT2D eigenvalue weighted by Gasteiger charge is -2.62. The SMILES string of the molecule is Cn1cnc2cc(CN3CC4(C)CC(COc5ccc(F)c(F)c5)(C3)C4)ccc21. The van der Waals surface area contributed by atoms with Gasteiger partial charge in [0.2, 0.25) is 0 Å². The molecule has 3 aromatic rings. The summed E-state index contributed by atoms with van der Waals surface area (Å²) in [6, 6.07) is 10.2. The van der Waals surface area contributed by atoms with E-state index in [1.54, 1.807) is 0 Å². The van der Waals surface area contributed by atoms with E-state index in [0.29, 0.717) is 17.8 Å². The van der Waals surface area contributed by atoms with E-state index in [0.717, 1.165) is 55.6 Å². The lowest BCUT2D eigenvalue weighted by molar-refractivity contribution is -0.144. The molecule has 0 unspecified atom stereocenters. The highest BCUT2D eigenvalue weighted by Crippen LogP contribution is 2.58. The van der Waals surface area contributed by atoms with Crippen LogP contribution in [0, 0.1) is 22.5 Å². The Labute approximate surface area is 169 Å². The molecular formula is C23H25F2N3O. The molecule has 4 nitrogen and oxygen atoms in total. The van der Waals surface area contributed by atoms with Crippen LogP contribution in [0.4, 0.5) is 8.78 Å². The van der Waals surface area contributed by atoms with Crippen molar-refractivity contribution in [2.24, 2.45) is 17.9 Å². The molecule has 2 aliphatic heterocycles. The van der Waals surface area contributed by atoms with Gasteiger partial charge in [-0.15, -0.1) is 0 Å². The van der Waals surface area contributed by atoms with Crippen LogP contribution in [0.1, 0.15) is 25.3 Å². The molecule has 0 amide bonds. The second kappa shape index (κ2) is 6.52. The Kier molecular flexibility index (Phi) is 4.17. The third kappa shape index (κ3) is 3.39. The van der Waals surface area contributed by atoms with Gasteiger partial charge in [0, 0.05) is 38.2 Å². The van der Waals surface area contributed by atoms with E-state index in [-0.39, 0.29) is 5.41 Å². The van der Waals surface area contributed by atoms with Gasteiger partial charge in [-0.1, -0.05) is 13.0 Å². The second-order valence-electron chi connectivity index (χ2n) is 9.35. The van der Waals surface area contributed by atoms with E-state index in [1.165, 1.54) is 11.6 Å². The van der Waals surface area contributed by atoms with Crippen molar-refractivity contribution in [2.45, 2.75) is 26.3 Å². The zero-order valence-corrected chi connectivity index (χ0v) is 16.8. The number of benzene rings is 2. The molecule has 29 heavy (non-hydrogen) atoms. The minimum absolute atomic E-state index is 0.0763.